The van der Waals surface area contributed by atoms with Crippen LogP contribution in [0.3, 0.4) is 0 Å². The molecule has 49 heavy (non-hydrogen) atoms. The molecule has 2 rings (SSSR count). The predicted molar refractivity (Wildman–Crippen MR) is 175 cm³/mol. The molecule has 0 saturated carbocycles. The number of carbonyl (C=O) groups excluding carboxylic acids is 4. The first-order chi connectivity index (χ1) is 22.0. The SMILES string of the molecule is CC(C)COC(=O)c1cc(C(=O)OCC(C)C)cc(S(=O)(=O)[O-])c1.CC(C)COC(=O)c1cc(C(=O)OCC(C)C)cc(S(=O)(=O)[O-])c1.[Mg+2]. The third-order valence-electron chi connectivity index (χ3n) is 5.52. The van der Waals surface area contributed by atoms with Gasteiger partial charge in [-0.3, -0.25) is 0 Å². The van der Waals surface area contributed by atoms with Gasteiger partial charge in [-0.25, -0.2) is 36.0 Å². The second-order valence-corrected chi connectivity index (χ2v) is 15.1. The maximum absolute atomic E-state index is 12.0. The van der Waals surface area contributed by atoms with Gasteiger partial charge in [-0.2, -0.15) is 0 Å². The van der Waals surface area contributed by atoms with Crippen molar-refractivity contribution < 1.29 is 64.1 Å². The first-order valence-electron chi connectivity index (χ1n) is 14.9. The van der Waals surface area contributed by atoms with E-state index >= 15 is 0 Å². The van der Waals surface area contributed by atoms with Crippen molar-refractivity contribution in [3.8, 4) is 0 Å². The minimum absolute atomic E-state index is 0. The number of esters is 4. The molecule has 0 atom stereocenters. The van der Waals surface area contributed by atoms with E-state index in [1.807, 2.05) is 55.4 Å². The fourth-order valence-electron chi connectivity index (χ4n) is 3.26. The first kappa shape index (κ1) is 45.9. The maximum Gasteiger partial charge on any atom is 2.00 e. The van der Waals surface area contributed by atoms with E-state index in [4.69, 9.17) is 18.9 Å². The second-order valence-electron chi connectivity index (χ2n) is 12.4. The van der Waals surface area contributed by atoms with E-state index in [9.17, 15) is 45.1 Å². The molecule has 0 unspecified atom stereocenters. The van der Waals surface area contributed by atoms with E-state index in [1.54, 1.807) is 0 Å². The monoisotopic (exact) mass is 738 g/mol. The fourth-order valence-corrected chi connectivity index (χ4v) is 4.35. The van der Waals surface area contributed by atoms with Crippen LogP contribution >= 0.6 is 0 Å². The Morgan fingerprint density at radius 3 is 0.796 bits per heavy atom. The maximum atomic E-state index is 12.0. The summed E-state index contributed by atoms with van der Waals surface area (Å²) in [5.41, 5.74) is -0.763. The number of rotatable bonds is 14. The van der Waals surface area contributed by atoms with Gasteiger partial charge in [0.1, 0.15) is 20.2 Å². The van der Waals surface area contributed by atoms with Crippen molar-refractivity contribution in [2.45, 2.75) is 65.2 Å². The zero-order chi connectivity index (χ0) is 37.0. The molecule has 0 aromatic heterocycles. The standard InChI is InChI=1S/2C16H22O7S.Mg/c2*1-10(2)8-22-15(17)12-5-13(16(18)23-9-11(3)4)7-14(6-12)24(19,20)21;/h2*5-7,10-11H,8-9H2,1-4H3,(H,19,20,21);/q;;+2/p-2. The van der Waals surface area contributed by atoms with Crippen molar-refractivity contribution in [2.24, 2.45) is 23.7 Å². The van der Waals surface area contributed by atoms with E-state index in [2.05, 4.69) is 0 Å². The van der Waals surface area contributed by atoms with Crippen LogP contribution in [0.15, 0.2) is 46.2 Å². The average molecular weight is 739 g/mol. The minimum atomic E-state index is -4.84. The zero-order valence-electron chi connectivity index (χ0n) is 28.8. The van der Waals surface area contributed by atoms with E-state index in [-0.39, 0.29) is 95.4 Å². The van der Waals surface area contributed by atoms with Gasteiger partial charge < -0.3 is 28.1 Å². The molecule has 0 aliphatic heterocycles. The molecular weight excluding hydrogens is 697 g/mol. The van der Waals surface area contributed by atoms with Crippen LogP contribution in [0.1, 0.15) is 96.8 Å². The van der Waals surface area contributed by atoms with Crippen LogP contribution in [0.5, 0.6) is 0 Å². The normalized spacial score (nSPS) is 11.4. The molecule has 2 aromatic carbocycles. The van der Waals surface area contributed by atoms with Gasteiger partial charge in [-0.1, -0.05) is 55.4 Å². The van der Waals surface area contributed by atoms with Crippen molar-refractivity contribution in [1.29, 1.82) is 0 Å². The topological polar surface area (TPSA) is 220 Å². The molecule has 0 amide bonds. The number of ether oxygens (including phenoxy) is 4. The largest absolute Gasteiger partial charge is 2.00 e. The summed E-state index contributed by atoms with van der Waals surface area (Å²) in [5, 5.41) is 0. The van der Waals surface area contributed by atoms with Gasteiger partial charge in [-0.15, -0.1) is 0 Å². The summed E-state index contributed by atoms with van der Waals surface area (Å²) >= 11 is 0. The van der Waals surface area contributed by atoms with Gasteiger partial charge >= 0.3 is 46.9 Å². The van der Waals surface area contributed by atoms with Crippen molar-refractivity contribution in [3.63, 3.8) is 0 Å². The van der Waals surface area contributed by atoms with E-state index in [0.717, 1.165) is 36.4 Å². The molecule has 2 aromatic rings. The van der Waals surface area contributed by atoms with Gasteiger partial charge in [0.15, 0.2) is 0 Å². The number of benzene rings is 2. The molecule has 0 radical (unpaired) electrons. The molecule has 0 spiro atoms. The Hall–Kier alpha value is -3.09. The molecule has 0 saturated heterocycles. The summed E-state index contributed by atoms with van der Waals surface area (Å²) < 4.78 is 87.5. The van der Waals surface area contributed by atoms with Crippen LogP contribution in [0, 0.1) is 23.7 Å². The molecule has 0 aliphatic rings. The Bertz CT molecular complexity index is 1460. The number of hydrogen-bond donors (Lipinski definition) is 0. The van der Waals surface area contributed by atoms with Crippen LogP contribution in [-0.4, -0.2) is 99.3 Å². The second kappa shape index (κ2) is 20.5. The first-order valence-corrected chi connectivity index (χ1v) is 17.7. The van der Waals surface area contributed by atoms with Crippen molar-refractivity contribution in [3.05, 3.63) is 58.7 Å². The quantitative estimate of drug-likeness (QED) is 0.116. The van der Waals surface area contributed by atoms with Crippen molar-refractivity contribution >= 4 is 67.2 Å². The Labute approximate surface area is 303 Å². The summed E-state index contributed by atoms with van der Waals surface area (Å²) in [6.45, 7) is 15.2. The fraction of sp³-hybridized carbons (Fsp3) is 0.500. The summed E-state index contributed by atoms with van der Waals surface area (Å²) in [7, 11) is -9.69. The third-order valence-corrected chi connectivity index (χ3v) is 7.15. The summed E-state index contributed by atoms with van der Waals surface area (Å²) in [6.07, 6.45) is 0. The van der Waals surface area contributed by atoms with Gasteiger partial charge in [0, 0.05) is 0 Å². The number of hydrogen-bond acceptors (Lipinski definition) is 14. The zero-order valence-corrected chi connectivity index (χ0v) is 31.9. The molecular formula is C32H42MgO14S2. The summed E-state index contributed by atoms with van der Waals surface area (Å²) in [6, 6.07) is 5.88. The smallest absolute Gasteiger partial charge is 0.744 e. The average Bonchev–Trinajstić information content (AvgIpc) is 2.98. The number of carbonyl (C=O) groups is 4. The Balaban J connectivity index is 0.000000922. The van der Waals surface area contributed by atoms with Crippen LogP contribution in [0.25, 0.3) is 0 Å². The van der Waals surface area contributed by atoms with Gasteiger partial charge in [0.25, 0.3) is 0 Å². The molecule has 268 valence electrons. The molecule has 14 nitrogen and oxygen atoms in total. The van der Waals surface area contributed by atoms with Gasteiger partial charge in [-0.05, 0) is 60.1 Å². The third kappa shape index (κ3) is 17.4. The Kier molecular flexibility index (Phi) is 19.3. The van der Waals surface area contributed by atoms with E-state index in [1.165, 1.54) is 0 Å². The predicted octanol–water partition coefficient (Wildman–Crippen LogP) is 4.05. The van der Waals surface area contributed by atoms with Crippen LogP contribution < -0.4 is 0 Å². The van der Waals surface area contributed by atoms with E-state index in [0.29, 0.717) is 0 Å². The van der Waals surface area contributed by atoms with Crippen molar-refractivity contribution in [2.75, 3.05) is 26.4 Å². The van der Waals surface area contributed by atoms with Crippen molar-refractivity contribution in [1.82, 2.24) is 0 Å². The molecule has 0 aliphatic carbocycles. The van der Waals surface area contributed by atoms with Gasteiger partial charge in [0.2, 0.25) is 0 Å². The molecule has 0 heterocycles. The minimum Gasteiger partial charge on any atom is -0.744 e. The summed E-state index contributed by atoms with van der Waals surface area (Å²) in [5.74, 6) is -2.93. The van der Waals surface area contributed by atoms with Crippen LogP contribution in [-0.2, 0) is 39.2 Å². The molecule has 0 fully saturated rings. The van der Waals surface area contributed by atoms with E-state index < -0.39 is 53.9 Å². The molecule has 0 N–H and O–H groups in total. The molecule has 17 heteroatoms. The molecule has 0 bridgehead atoms. The van der Waals surface area contributed by atoms with Crippen LogP contribution in [0.4, 0.5) is 0 Å². The summed E-state index contributed by atoms with van der Waals surface area (Å²) in [4.78, 5) is 46.6. The van der Waals surface area contributed by atoms with Gasteiger partial charge in [0.05, 0.1) is 58.5 Å². The van der Waals surface area contributed by atoms with Crippen LogP contribution in [0.2, 0.25) is 0 Å². The Morgan fingerprint density at radius 2 is 0.653 bits per heavy atom. The Morgan fingerprint density at radius 1 is 0.469 bits per heavy atom.